The highest BCUT2D eigenvalue weighted by Gasteiger charge is 2.34. The van der Waals surface area contributed by atoms with Crippen LogP contribution < -0.4 is 15.0 Å². The van der Waals surface area contributed by atoms with Crippen LogP contribution in [-0.2, 0) is 23.8 Å². The number of methoxy groups -OCH3 is 2. The maximum atomic E-state index is 13.1. The number of hydrogen-bond donors (Lipinski definition) is 1. The van der Waals surface area contributed by atoms with Gasteiger partial charge in [0.05, 0.1) is 44.3 Å². The lowest BCUT2D eigenvalue weighted by atomic mass is 10.1. The molecule has 0 atom stereocenters. The summed E-state index contributed by atoms with van der Waals surface area (Å²) < 4.78 is 20.6. The standard InChI is InChI=1S/C23H24N2O7/c1-4-32-16-9-7-8-15(12-16)24-21(26)17-10-5-6-11-19(17)25-14-31-13-18(22(27)29-2)20(25)23(28)30-3/h5-12H,4,13-14H2,1-3H3,(H,24,26). The van der Waals surface area contributed by atoms with Crippen LogP contribution in [0.15, 0.2) is 59.8 Å². The molecule has 0 saturated carbocycles. The topological polar surface area (TPSA) is 103 Å². The molecule has 0 radical (unpaired) electrons. The minimum absolute atomic E-state index is 0.00484. The number of benzene rings is 2. The van der Waals surface area contributed by atoms with Crippen LogP contribution >= 0.6 is 0 Å². The quantitative estimate of drug-likeness (QED) is 0.656. The van der Waals surface area contributed by atoms with Crippen LogP contribution in [0.3, 0.4) is 0 Å². The molecule has 1 amide bonds. The Kier molecular flexibility index (Phi) is 7.45. The predicted octanol–water partition coefficient (Wildman–Crippen LogP) is 2.73. The van der Waals surface area contributed by atoms with Crippen molar-refractivity contribution in [3.8, 4) is 5.75 Å². The van der Waals surface area contributed by atoms with Crippen molar-refractivity contribution in [2.75, 3.05) is 44.4 Å². The first kappa shape index (κ1) is 22.8. The van der Waals surface area contributed by atoms with Gasteiger partial charge in [0.15, 0.2) is 0 Å². The van der Waals surface area contributed by atoms with Gasteiger partial charge in [-0.3, -0.25) is 4.79 Å². The van der Waals surface area contributed by atoms with Crippen molar-refractivity contribution in [1.29, 1.82) is 0 Å². The molecule has 2 aromatic rings. The Labute approximate surface area is 185 Å². The third-order valence-corrected chi connectivity index (χ3v) is 4.68. The van der Waals surface area contributed by atoms with Crippen molar-refractivity contribution in [2.45, 2.75) is 6.92 Å². The van der Waals surface area contributed by atoms with Gasteiger partial charge in [0.25, 0.3) is 5.91 Å². The van der Waals surface area contributed by atoms with Crippen molar-refractivity contribution >= 4 is 29.2 Å². The third-order valence-electron chi connectivity index (χ3n) is 4.68. The van der Waals surface area contributed by atoms with Gasteiger partial charge < -0.3 is 29.2 Å². The van der Waals surface area contributed by atoms with Crippen molar-refractivity contribution in [3.05, 3.63) is 65.4 Å². The summed E-state index contributed by atoms with van der Waals surface area (Å²) in [5.74, 6) is -1.25. The largest absolute Gasteiger partial charge is 0.494 e. The van der Waals surface area contributed by atoms with Gasteiger partial charge in [-0.2, -0.15) is 0 Å². The summed E-state index contributed by atoms with van der Waals surface area (Å²) in [6.45, 7) is 2.19. The monoisotopic (exact) mass is 440 g/mol. The zero-order valence-corrected chi connectivity index (χ0v) is 18.0. The molecule has 1 aliphatic rings. The Hall–Kier alpha value is -3.85. The third kappa shape index (κ3) is 4.89. The molecule has 1 N–H and O–H groups in total. The fourth-order valence-electron chi connectivity index (χ4n) is 3.26. The van der Waals surface area contributed by atoms with Gasteiger partial charge >= 0.3 is 11.9 Å². The van der Waals surface area contributed by atoms with Gasteiger partial charge in [-0.15, -0.1) is 0 Å². The number of hydrogen-bond acceptors (Lipinski definition) is 8. The Morgan fingerprint density at radius 2 is 1.78 bits per heavy atom. The molecule has 1 aliphatic heterocycles. The van der Waals surface area contributed by atoms with E-state index >= 15 is 0 Å². The lowest BCUT2D eigenvalue weighted by Crippen LogP contribution is -2.39. The van der Waals surface area contributed by atoms with E-state index in [1.54, 1.807) is 48.5 Å². The normalized spacial score (nSPS) is 13.4. The minimum Gasteiger partial charge on any atom is -0.494 e. The highest BCUT2D eigenvalue weighted by Crippen LogP contribution is 2.30. The molecule has 0 unspecified atom stereocenters. The number of para-hydroxylation sites is 1. The van der Waals surface area contributed by atoms with Gasteiger partial charge in [0, 0.05) is 11.8 Å². The Morgan fingerprint density at radius 1 is 1.03 bits per heavy atom. The Bertz CT molecular complexity index is 1050. The molecule has 3 rings (SSSR count). The maximum absolute atomic E-state index is 13.1. The number of ether oxygens (including phenoxy) is 4. The molecule has 168 valence electrons. The van der Waals surface area contributed by atoms with Crippen LogP contribution in [0.25, 0.3) is 0 Å². The Morgan fingerprint density at radius 3 is 2.50 bits per heavy atom. The first-order valence-corrected chi connectivity index (χ1v) is 9.88. The van der Waals surface area contributed by atoms with Gasteiger partial charge in [0.1, 0.15) is 18.2 Å². The van der Waals surface area contributed by atoms with E-state index in [-0.39, 0.29) is 30.2 Å². The summed E-state index contributed by atoms with van der Waals surface area (Å²) in [7, 11) is 2.42. The minimum atomic E-state index is -0.742. The van der Waals surface area contributed by atoms with Crippen molar-refractivity contribution in [1.82, 2.24) is 0 Å². The summed E-state index contributed by atoms with van der Waals surface area (Å²) in [5.41, 5.74) is 1.15. The van der Waals surface area contributed by atoms with Crippen molar-refractivity contribution in [2.24, 2.45) is 0 Å². The van der Waals surface area contributed by atoms with E-state index in [0.717, 1.165) is 0 Å². The van der Waals surface area contributed by atoms with Crippen LogP contribution in [0, 0.1) is 0 Å². The summed E-state index contributed by atoms with van der Waals surface area (Å²) in [6.07, 6.45) is 0. The van der Waals surface area contributed by atoms with E-state index < -0.39 is 17.8 Å². The second kappa shape index (κ2) is 10.5. The lowest BCUT2D eigenvalue weighted by Gasteiger charge is -2.32. The number of nitrogens with one attached hydrogen (secondary N) is 1. The average Bonchev–Trinajstić information content (AvgIpc) is 2.83. The molecule has 0 aliphatic carbocycles. The molecule has 0 bridgehead atoms. The van der Waals surface area contributed by atoms with Gasteiger partial charge in [-0.05, 0) is 31.2 Å². The van der Waals surface area contributed by atoms with Gasteiger partial charge in [0.2, 0.25) is 0 Å². The first-order valence-electron chi connectivity index (χ1n) is 9.88. The zero-order chi connectivity index (χ0) is 23.1. The van der Waals surface area contributed by atoms with Crippen LogP contribution in [0.5, 0.6) is 5.75 Å². The molecular formula is C23H24N2O7. The Balaban J connectivity index is 1.99. The van der Waals surface area contributed by atoms with E-state index in [9.17, 15) is 14.4 Å². The van der Waals surface area contributed by atoms with Crippen LogP contribution in [0.4, 0.5) is 11.4 Å². The SMILES string of the molecule is CCOc1cccc(NC(=O)c2ccccc2N2COCC(C(=O)OC)=C2C(=O)OC)c1. The van der Waals surface area contributed by atoms with Crippen LogP contribution in [-0.4, -0.2) is 52.0 Å². The highest BCUT2D eigenvalue weighted by molar-refractivity contribution is 6.10. The fraction of sp³-hybridized carbons (Fsp3) is 0.261. The van der Waals surface area contributed by atoms with E-state index in [4.69, 9.17) is 18.9 Å². The van der Waals surface area contributed by atoms with E-state index in [2.05, 4.69) is 5.32 Å². The van der Waals surface area contributed by atoms with Crippen LogP contribution in [0.2, 0.25) is 0 Å². The molecule has 0 saturated heterocycles. The number of esters is 2. The number of anilines is 2. The zero-order valence-electron chi connectivity index (χ0n) is 18.0. The fourth-order valence-corrected chi connectivity index (χ4v) is 3.26. The highest BCUT2D eigenvalue weighted by atomic mass is 16.5. The molecule has 2 aromatic carbocycles. The number of nitrogens with zero attached hydrogens (tertiary/aromatic N) is 1. The molecule has 1 heterocycles. The molecule has 0 aromatic heterocycles. The molecule has 0 spiro atoms. The number of carbonyl (C=O) groups is 3. The van der Waals surface area contributed by atoms with Crippen LogP contribution in [0.1, 0.15) is 17.3 Å². The number of rotatable bonds is 7. The molecular weight excluding hydrogens is 416 g/mol. The van der Waals surface area contributed by atoms with Crippen molar-refractivity contribution in [3.63, 3.8) is 0 Å². The maximum Gasteiger partial charge on any atom is 0.355 e. The second-order valence-electron chi connectivity index (χ2n) is 6.65. The number of carbonyl (C=O) groups excluding carboxylic acids is 3. The van der Waals surface area contributed by atoms with Crippen molar-refractivity contribution < 1.29 is 33.3 Å². The van der Waals surface area contributed by atoms with Gasteiger partial charge in [-0.25, -0.2) is 9.59 Å². The molecule has 32 heavy (non-hydrogen) atoms. The van der Waals surface area contributed by atoms with E-state index in [0.29, 0.717) is 23.7 Å². The summed E-state index contributed by atoms with van der Waals surface area (Å²) in [5, 5.41) is 2.83. The summed E-state index contributed by atoms with van der Waals surface area (Å²) in [4.78, 5) is 39.3. The van der Waals surface area contributed by atoms with Gasteiger partial charge in [-0.1, -0.05) is 18.2 Å². The smallest absolute Gasteiger partial charge is 0.355 e. The van der Waals surface area contributed by atoms with E-state index in [1.807, 2.05) is 6.92 Å². The summed E-state index contributed by atoms with van der Waals surface area (Å²) in [6, 6.07) is 13.7. The summed E-state index contributed by atoms with van der Waals surface area (Å²) >= 11 is 0. The van der Waals surface area contributed by atoms with E-state index in [1.165, 1.54) is 19.1 Å². The molecule has 9 nitrogen and oxygen atoms in total. The second-order valence-corrected chi connectivity index (χ2v) is 6.65. The lowest BCUT2D eigenvalue weighted by molar-refractivity contribution is -0.140. The molecule has 0 fully saturated rings. The predicted molar refractivity (Wildman–Crippen MR) is 116 cm³/mol. The average molecular weight is 440 g/mol. The number of amides is 1. The molecule has 9 heteroatoms. The first-order chi connectivity index (χ1) is 15.5.